The minimum absolute atomic E-state index is 0.112. The van der Waals surface area contributed by atoms with Gasteiger partial charge in [0.2, 0.25) is 10.0 Å². The Bertz CT molecular complexity index is 1200. The monoisotopic (exact) mass is 487 g/mol. The number of anilines is 1. The number of fused-ring (bicyclic) bond motifs is 1. The van der Waals surface area contributed by atoms with Crippen LogP contribution in [0.25, 0.3) is 10.9 Å². The SMILES string of the molecule is CC1CCN(S(=O)(=O)c2cc(C(=O)Nc3cccc4cccnc34)ccc2Br)CC1. The summed E-state index contributed by atoms with van der Waals surface area (Å²) in [6.07, 6.45) is 3.35. The molecule has 2 aromatic carbocycles. The molecule has 0 unspecified atom stereocenters. The fraction of sp³-hybridized carbons (Fsp3) is 0.273. The molecule has 1 saturated heterocycles. The van der Waals surface area contributed by atoms with Crippen molar-refractivity contribution in [2.75, 3.05) is 18.4 Å². The molecular formula is C22H22BrN3O3S. The van der Waals surface area contributed by atoms with Gasteiger partial charge >= 0.3 is 0 Å². The first-order valence-electron chi connectivity index (χ1n) is 9.81. The fourth-order valence-corrected chi connectivity index (χ4v) is 6.03. The molecule has 30 heavy (non-hydrogen) atoms. The van der Waals surface area contributed by atoms with Crippen molar-refractivity contribution in [3.8, 4) is 0 Å². The van der Waals surface area contributed by atoms with Crippen LogP contribution in [0.15, 0.2) is 64.1 Å². The second kappa shape index (κ2) is 8.45. The number of rotatable bonds is 4. The van der Waals surface area contributed by atoms with Crippen LogP contribution in [0.1, 0.15) is 30.1 Å². The van der Waals surface area contributed by atoms with Gasteiger partial charge in [-0.1, -0.05) is 25.1 Å². The molecule has 2 heterocycles. The van der Waals surface area contributed by atoms with Gasteiger partial charge in [-0.15, -0.1) is 0 Å². The number of nitrogens with one attached hydrogen (secondary N) is 1. The maximum Gasteiger partial charge on any atom is 0.255 e. The van der Waals surface area contributed by atoms with Crippen LogP contribution in [0.2, 0.25) is 0 Å². The van der Waals surface area contributed by atoms with Crippen LogP contribution < -0.4 is 5.32 Å². The Balaban J connectivity index is 1.63. The van der Waals surface area contributed by atoms with Crippen molar-refractivity contribution in [1.82, 2.24) is 9.29 Å². The Kier molecular flexibility index (Phi) is 5.90. The van der Waals surface area contributed by atoms with Crippen molar-refractivity contribution < 1.29 is 13.2 Å². The number of amides is 1. The molecule has 3 aromatic rings. The van der Waals surface area contributed by atoms with Gasteiger partial charge in [-0.25, -0.2) is 8.42 Å². The van der Waals surface area contributed by atoms with Gasteiger partial charge in [0.25, 0.3) is 5.91 Å². The molecular weight excluding hydrogens is 466 g/mol. The number of halogens is 1. The highest BCUT2D eigenvalue weighted by molar-refractivity contribution is 9.10. The average Bonchev–Trinajstić information content (AvgIpc) is 2.74. The third-order valence-electron chi connectivity index (χ3n) is 5.43. The zero-order chi connectivity index (χ0) is 21.3. The number of piperidine rings is 1. The summed E-state index contributed by atoms with van der Waals surface area (Å²) >= 11 is 3.35. The highest BCUT2D eigenvalue weighted by atomic mass is 79.9. The molecule has 1 aliphatic heterocycles. The van der Waals surface area contributed by atoms with E-state index in [9.17, 15) is 13.2 Å². The standard InChI is InChI=1S/C22H22BrN3O3S/c1-15-9-12-26(13-10-15)30(28,29)20-14-17(7-8-18(20)23)22(27)25-19-6-2-4-16-5-3-11-24-21(16)19/h2-8,11,14-15H,9-10,12-13H2,1H3,(H,25,27). The van der Waals surface area contributed by atoms with Crippen LogP contribution in [0.4, 0.5) is 5.69 Å². The number of para-hydroxylation sites is 1. The molecule has 1 aliphatic rings. The van der Waals surface area contributed by atoms with Crippen molar-refractivity contribution in [3.05, 3.63) is 64.8 Å². The predicted molar refractivity (Wildman–Crippen MR) is 121 cm³/mol. The van der Waals surface area contributed by atoms with Crippen molar-refractivity contribution >= 4 is 48.5 Å². The van der Waals surface area contributed by atoms with Crippen LogP contribution >= 0.6 is 15.9 Å². The second-order valence-corrected chi connectivity index (χ2v) is 10.3. The summed E-state index contributed by atoms with van der Waals surface area (Å²) in [6, 6.07) is 13.9. The molecule has 6 nitrogen and oxygen atoms in total. The van der Waals surface area contributed by atoms with Gasteiger partial charge in [-0.2, -0.15) is 4.31 Å². The Labute approximate surface area is 184 Å². The average molecular weight is 488 g/mol. The Morgan fingerprint density at radius 2 is 1.87 bits per heavy atom. The quantitative estimate of drug-likeness (QED) is 0.579. The number of pyridine rings is 1. The Morgan fingerprint density at radius 3 is 2.63 bits per heavy atom. The Hall–Kier alpha value is -2.29. The van der Waals surface area contributed by atoms with Crippen molar-refractivity contribution in [2.45, 2.75) is 24.7 Å². The van der Waals surface area contributed by atoms with Crippen molar-refractivity contribution in [2.24, 2.45) is 5.92 Å². The number of sulfonamides is 1. The molecule has 0 spiro atoms. The summed E-state index contributed by atoms with van der Waals surface area (Å²) in [7, 11) is -3.69. The van der Waals surface area contributed by atoms with Gasteiger partial charge in [-0.3, -0.25) is 9.78 Å². The highest BCUT2D eigenvalue weighted by Crippen LogP contribution is 2.30. The fourth-order valence-electron chi connectivity index (χ4n) is 3.61. The van der Waals surface area contributed by atoms with E-state index in [-0.39, 0.29) is 16.4 Å². The summed E-state index contributed by atoms with van der Waals surface area (Å²) in [6.45, 7) is 3.12. The number of aromatic nitrogens is 1. The van der Waals surface area contributed by atoms with Crippen molar-refractivity contribution in [1.29, 1.82) is 0 Å². The molecule has 1 fully saturated rings. The van der Waals surface area contributed by atoms with Crippen LogP contribution in [-0.4, -0.2) is 36.7 Å². The van der Waals surface area contributed by atoms with Crippen LogP contribution in [0.3, 0.4) is 0 Å². The van der Waals surface area contributed by atoms with Gasteiger partial charge in [0.05, 0.1) is 16.1 Å². The van der Waals surface area contributed by atoms with Crippen LogP contribution in [0.5, 0.6) is 0 Å². The minimum Gasteiger partial charge on any atom is -0.320 e. The molecule has 156 valence electrons. The molecule has 1 N–H and O–H groups in total. The smallest absolute Gasteiger partial charge is 0.255 e. The molecule has 4 rings (SSSR count). The first-order chi connectivity index (χ1) is 14.4. The third-order valence-corrected chi connectivity index (χ3v) is 8.33. The number of hydrogen-bond donors (Lipinski definition) is 1. The van der Waals surface area contributed by atoms with E-state index < -0.39 is 10.0 Å². The summed E-state index contributed by atoms with van der Waals surface area (Å²) in [4.78, 5) is 17.4. The number of hydrogen-bond acceptors (Lipinski definition) is 4. The lowest BCUT2D eigenvalue weighted by molar-refractivity contribution is 0.102. The van der Waals surface area contributed by atoms with E-state index in [0.717, 1.165) is 18.2 Å². The normalized spacial score (nSPS) is 15.9. The zero-order valence-electron chi connectivity index (χ0n) is 16.5. The van der Waals surface area contributed by atoms with Gasteiger partial charge in [0, 0.05) is 34.7 Å². The molecule has 0 saturated carbocycles. The summed E-state index contributed by atoms with van der Waals surface area (Å²) < 4.78 is 28.3. The minimum atomic E-state index is -3.69. The van der Waals surface area contributed by atoms with E-state index >= 15 is 0 Å². The lowest BCUT2D eigenvalue weighted by Crippen LogP contribution is -2.38. The van der Waals surface area contributed by atoms with Gasteiger partial charge in [0.1, 0.15) is 0 Å². The first-order valence-corrected chi connectivity index (χ1v) is 12.0. The van der Waals surface area contributed by atoms with Crippen LogP contribution in [0, 0.1) is 5.92 Å². The van der Waals surface area contributed by atoms with E-state index in [1.54, 1.807) is 24.4 Å². The molecule has 0 atom stereocenters. The first kappa shape index (κ1) is 21.0. The largest absolute Gasteiger partial charge is 0.320 e. The summed E-state index contributed by atoms with van der Waals surface area (Å²) in [5.41, 5.74) is 1.53. The van der Waals surface area contributed by atoms with E-state index in [1.165, 1.54) is 10.4 Å². The lowest BCUT2D eigenvalue weighted by Gasteiger charge is -2.29. The molecule has 0 bridgehead atoms. The molecule has 0 aliphatic carbocycles. The third kappa shape index (κ3) is 4.12. The predicted octanol–water partition coefficient (Wildman–Crippen LogP) is 4.67. The van der Waals surface area contributed by atoms with Gasteiger partial charge in [0.15, 0.2) is 0 Å². The maximum absolute atomic E-state index is 13.2. The topological polar surface area (TPSA) is 79.4 Å². The van der Waals surface area contributed by atoms with E-state index in [1.807, 2.05) is 24.3 Å². The number of carbonyl (C=O) groups is 1. The van der Waals surface area contributed by atoms with E-state index in [2.05, 4.69) is 33.2 Å². The Morgan fingerprint density at radius 1 is 1.13 bits per heavy atom. The zero-order valence-corrected chi connectivity index (χ0v) is 18.9. The second-order valence-electron chi connectivity index (χ2n) is 7.57. The van der Waals surface area contributed by atoms with Gasteiger partial charge < -0.3 is 5.32 Å². The number of benzene rings is 2. The molecule has 1 aromatic heterocycles. The number of nitrogens with zero attached hydrogens (tertiary/aromatic N) is 2. The summed E-state index contributed by atoms with van der Waals surface area (Å²) in [5.74, 6) is 0.135. The maximum atomic E-state index is 13.2. The molecule has 1 amide bonds. The van der Waals surface area contributed by atoms with Gasteiger partial charge in [-0.05, 0) is 65.0 Å². The van der Waals surface area contributed by atoms with Crippen molar-refractivity contribution in [3.63, 3.8) is 0 Å². The van der Waals surface area contributed by atoms with E-state index in [0.29, 0.717) is 34.7 Å². The highest BCUT2D eigenvalue weighted by Gasteiger charge is 2.30. The molecule has 8 heteroatoms. The van der Waals surface area contributed by atoms with E-state index in [4.69, 9.17) is 0 Å². The number of carbonyl (C=O) groups excluding carboxylic acids is 1. The lowest BCUT2D eigenvalue weighted by atomic mass is 10.0. The van der Waals surface area contributed by atoms with Crippen LogP contribution in [-0.2, 0) is 10.0 Å². The molecule has 0 radical (unpaired) electrons. The summed E-state index contributed by atoms with van der Waals surface area (Å²) in [5, 5.41) is 3.77.